The molecule has 7 heteroatoms. The van der Waals surface area contributed by atoms with Crippen molar-refractivity contribution in [1.82, 2.24) is 9.80 Å². The molecule has 21 heavy (non-hydrogen) atoms. The summed E-state index contributed by atoms with van der Waals surface area (Å²) in [4.78, 5) is 38.2. The van der Waals surface area contributed by atoms with Gasteiger partial charge in [-0.3, -0.25) is 19.3 Å². The van der Waals surface area contributed by atoms with E-state index in [1.54, 1.807) is 4.90 Å². The van der Waals surface area contributed by atoms with Crippen molar-refractivity contribution < 1.29 is 23.9 Å². The number of hydrogen-bond donors (Lipinski definition) is 0. The molecule has 0 N–H and O–H groups in total. The van der Waals surface area contributed by atoms with Crippen LogP contribution in [-0.2, 0) is 23.9 Å². The maximum Gasteiger partial charge on any atom is 0.319 e. The van der Waals surface area contributed by atoms with Gasteiger partial charge in [0.1, 0.15) is 0 Å². The zero-order valence-corrected chi connectivity index (χ0v) is 13.0. The number of piperidine rings is 1. The average Bonchev–Trinajstić information content (AvgIpc) is 2.46. The number of carbonyl (C=O) groups is 3. The normalized spacial score (nSPS) is 18.5. The predicted octanol–water partition coefficient (Wildman–Crippen LogP) is -0.107. The number of amides is 1. The number of hydrogen-bond acceptors (Lipinski definition) is 6. The van der Waals surface area contributed by atoms with Crippen molar-refractivity contribution in [2.75, 3.05) is 46.9 Å². The summed E-state index contributed by atoms with van der Waals surface area (Å²) < 4.78 is 9.16. The Kier molecular flexibility index (Phi) is 7.14. The van der Waals surface area contributed by atoms with Crippen LogP contribution in [0.5, 0.6) is 0 Å². The molecule has 0 aromatic rings. The van der Waals surface area contributed by atoms with Crippen LogP contribution in [0, 0.1) is 5.92 Å². The zero-order chi connectivity index (χ0) is 15.8. The lowest BCUT2D eigenvalue weighted by Gasteiger charge is -2.32. The van der Waals surface area contributed by atoms with Crippen molar-refractivity contribution in [1.29, 1.82) is 0 Å². The van der Waals surface area contributed by atoms with Gasteiger partial charge >= 0.3 is 11.9 Å². The Morgan fingerprint density at radius 3 is 2.14 bits per heavy atom. The highest BCUT2D eigenvalue weighted by Gasteiger charge is 2.24. The van der Waals surface area contributed by atoms with Gasteiger partial charge in [0, 0.05) is 13.1 Å². The van der Waals surface area contributed by atoms with Gasteiger partial charge in [0.05, 0.1) is 33.9 Å². The van der Waals surface area contributed by atoms with E-state index in [-0.39, 0.29) is 25.5 Å². The van der Waals surface area contributed by atoms with Crippen LogP contribution in [0.2, 0.25) is 0 Å². The third kappa shape index (κ3) is 6.12. The summed E-state index contributed by atoms with van der Waals surface area (Å²) in [5.41, 5.74) is 0. The van der Waals surface area contributed by atoms with Crippen LogP contribution >= 0.6 is 0 Å². The molecule has 1 unspecified atom stereocenters. The first-order chi connectivity index (χ1) is 9.96. The lowest BCUT2D eigenvalue weighted by molar-refractivity contribution is -0.147. The fourth-order valence-electron chi connectivity index (χ4n) is 2.37. The molecule has 1 rings (SSSR count). The Morgan fingerprint density at radius 2 is 1.67 bits per heavy atom. The molecule has 0 aromatic carbocycles. The minimum atomic E-state index is -0.487. The molecule has 1 fully saturated rings. The number of carbonyl (C=O) groups excluding carboxylic acids is 3. The van der Waals surface area contributed by atoms with Gasteiger partial charge in [0.2, 0.25) is 5.91 Å². The van der Waals surface area contributed by atoms with Gasteiger partial charge in [-0.2, -0.15) is 0 Å². The maximum absolute atomic E-state index is 12.3. The van der Waals surface area contributed by atoms with Gasteiger partial charge in [-0.15, -0.1) is 0 Å². The summed E-state index contributed by atoms with van der Waals surface area (Å²) in [7, 11) is 2.54. The first-order valence-electron chi connectivity index (χ1n) is 7.10. The highest BCUT2D eigenvalue weighted by Crippen LogP contribution is 2.15. The van der Waals surface area contributed by atoms with Crippen molar-refractivity contribution >= 4 is 17.8 Å². The van der Waals surface area contributed by atoms with E-state index in [9.17, 15) is 14.4 Å². The molecule has 0 spiro atoms. The molecule has 1 aliphatic heterocycles. The Bertz CT molecular complexity index is 368. The number of esters is 2. The fourth-order valence-corrected chi connectivity index (χ4v) is 2.37. The molecule has 7 nitrogen and oxygen atoms in total. The molecule has 1 aliphatic rings. The smallest absolute Gasteiger partial charge is 0.319 e. The third-order valence-electron chi connectivity index (χ3n) is 3.53. The number of rotatable bonds is 6. The summed E-state index contributed by atoms with van der Waals surface area (Å²) >= 11 is 0. The molecule has 1 atom stereocenters. The van der Waals surface area contributed by atoms with Crippen molar-refractivity contribution in [3.05, 3.63) is 0 Å². The molecule has 0 saturated carbocycles. The van der Waals surface area contributed by atoms with E-state index in [2.05, 4.69) is 16.4 Å². The Labute approximate surface area is 125 Å². The predicted molar refractivity (Wildman–Crippen MR) is 75.5 cm³/mol. The van der Waals surface area contributed by atoms with Gasteiger partial charge in [-0.25, -0.2) is 0 Å². The Hall–Kier alpha value is -1.63. The van der Waals surface area contributed by atoms with Crippen molar-refractivity contribution in [3.63, 3.8) is 0 Å². The summed E-state index contributed by atoms with van der Waals surface area (Å²) in [5, 5.41) is 0. The summed E-state index contributed by atoms with van der Waals surface area (Å²) in [6.07, 6.45) is 2.11. The Morgan fingerprint density at radius 1 is 1.10 bits per heavy atom. The maximum atomic E-state index is 12.3. The van der Waals surface area contributed by atoms with Gasteiger partial charge < -0.3 is 14.4 Å². The average molecular weight is 300 g/mol. The summed E-state index contributed by atoms with van der Waals surface area (Å²) in [5.74, 6) is -0.566. The number of nitrogens with zero attached hydrogens (tertiary/aromatic N) is 2. The van der Waals surface area contributed by atoms with Crippen LogP contribution in [0.4, 0.5) is 0 Å². The van der Waals surface area contributed by atoms with Crippen molar-refractivity contribution in [2.45, 2.75) is 19.8 Å². The molecular weight excluding hydrogens is 276 g/mol. The second-order valence-electron chi connectivity index (χ2n) is 5.38. The topological polar surface area (TPSA) is 76.1 Å². The van der Waals surface area contributed by atoms with E-state index in [1.807, 2.05) is 0 Å². The second-order valence-corrected chi connectivity index (χ2v) is 5.38. The molecular formula is C14H24N2O5. The van der Waals surface area contributed by atoms with E-state index >= 15 is 0 Å². The highest BCUT2D eigenvalue weighted by atomic mass is 16.5. The van der Waals surface area contributed by atoms with E-state index in [0.717, 1.165) is 25.9 Å². The fraction of sp³-hybridized carbons (Fsp3) is 0.786. The molecule has 0 radical (unpaired) electrons. The SMILES string of the molecule is COC(=O)CN(CC(=O)OC)CC(=O)N1CCCC(C)C1. The number of methoxy groups -OCH3 is 2. The van der Waals surface area contributed by atoms with E-state index in [4.69, 9.17) is 0 Å². The van der Waals surface area contributed by atoms with Crippen molar-refractivity contribution in [2.24, 2.45) is 5.92 Å². The lowest BCUT2D eigenvalue weighted by atomic mass is 10.0. The lowest BCUT2D eigenvalue weighted by Crippen LogP contribution is -2.47. The first-order valence-corrected chi connectivity index (χ1v) is 7.10. The van der Waals surface area contributed by atoms with E-state index < -0.39 is 11.9 Å². The van der Waals surface area contributed by atoms with E-state index in [0.29, 0.717) is 5.92 Å². The molecule has 0 bridgehead atoms. The molecule has 0 aromatic heterocycles. The quantitative estimate of drug-likeness (QED) is 0.637. The van der Waals surface area contributed by atoms with Gasteiger partial charge in [0.25, 0.3) is 0 Å². The van der Waals surface area contributed by atoms with E-state index in [1.165, 1.54) is 19.1 Å². The minimum absolute atomic E-state index is 0.0108. The van der Waals surface area contributed by atoms with Gasteiger partial charge in [-0.05, 0) is 18.8 Å². The molecule has 1 heterocycles. The monoisotopic (exact) mass is 300 g/mol. The summed E-state index contributed by atoms with van der Waals surface area (Å²) in [6.45, 7) is 3.36. The number of likely N-dealkylation sites (tertiary alicyclic amines) is 1. The van der Waals surface area contributed by atoms with Gasteiger partial charge in [0.15, 0.2) is 0 Å². The molecule has 1 amide bonds. The van der Waals surface area contributed by atoms with Crippen LogP contribution in [0.3, 0.4) is 0 Å². The molecule has 1 saturated heterocycles. The van der Waals surface area contributed by atoms with Crippen LogP contribution < -0.4 is 0 Å². The zero-order valence-electron chi connectivity index (χ0n) is 13.0. The van der Waals surface area contributed by atoms with Gasteiger partial charge in [-0.1, -0.05) is 6.92 Å². The molecule has 120 valence electrons. The second kappa shape index (κ2) is 8.61. The summed E-state index contributed by atoms with van der Waals surface area (Å²) in [6, 6.07) is 0. The van der Waals surface area contributed by atoms with Crippen LogP contribution in [0.1, 0.15) is 19.8 Å². The first kappa shape index (κ1) is 17.4. The standard InChI is InChI=1S/C14H24N2O5/c1-11-5-4-6-16(7-11)12(17)8-15(9-13(18)20-2)10-14(19)21-3/h11H,4-10H2,1-3H3. The minimum Gasteiger partial charge on any atom is -0.468 e. The number of ether oxygens (including phenoxy) is 2. The van der Waals surface area contributed by atoms with Crippen molar-refractivity contribution in [3.8, 4) is 0 Å². The van der Waals surface area contributed by atoms with Crippen LogP contribution in [-0.4, -0.2) is 74.6 Å². The molecule has 0 aliphatic carbocycles. The largest absolute Gasteiger partial charge is 0.468 e. The Balaban J connectivity index is 2.58. The van der Waals surface area contributed by atoms with Crippen LogP contribution in [0.25, 0.3) is 0 Å². The van der Waals surface area contributed by atoms with Crippen LogP contribution in [0.15, 0.2) is 0 Å². The third-order valence-corrected chi connectivity index (χ3v) is 3.53. The highest BCUT2D eigenvalue weighted by molar-refractivity contribution is 5.81.